The summed E-state index contributed by atoms with van der Waals surface area (Å²) in [6.45, 7) is 9.05. The second-order valence-corrected chi connectivity index (χ2v) is 20.1. The van der Waals surface area contributed by atoms with E-state index in [4.69, 9.17) is 14.2 Å². The van der Waals surface area contributed by atoms with Gasteiger partial charge >= 0.3 is 17.9 Å². The average Bonchev–Trinajstić information content (AvgIpc) is 3.27. The van der Waals surface area contributed by atoms with Crippen molar-refractivity contribution in [2.45, 2.75) is 329 Å². The lowest BCUT2D eigenvalue weighted by molar-refractivity contribution is -0.167. The van der Waals surface area contributed by atoms with Crippen LogP contribution in [-0.4, -0.2) is 37.2 Å². The number of carbonyl (C=O) groups is 3. The van der Waals surface area contributed by atoms with Gasteiger partial charge in [-0.25, -0.2) is 0 Å². The molecule has 0 saturated heterocycles. The molecule has 374 valence electrons. The zero-order valence-corrected chi connectivity index (χ0v) is 43.0. The normalized spacial score (nSPS) is 12.0. The predicted octanol–water partition coefficient (Wildman–Crippen LogP) is 18.6. The van der Waals surface area contributed by atoms with Gasteiger partial charge in [0, 0.05) is 19.3 Å². The van der Waals surface area contributed by atoms with E-state index in [2.05, 4.69) is 27.7 Å². The fourth-order valence-electron chi connectivity index (χ4n) is 8.75. The average molecular weight is 892 g/mol. The van der Waals surface area contributed by atoms with Gasteiger partial charge in [-0.15, -0.1) is 0 Å². The Morgan fingerprint density at radius 3 is 0.778 bits per heavy atom. The van der Waals surface area contributed by atoms with Gasteiger partial charge in [-0.3, -0.25) is 14.4 Å². The molecule has 0 saturated carbocycles. The van der Waals surface area contributed by atoms with Crippen LogP contribution in [-0.2, 0) is 28.6 Å². The van der Waals surface area contributed by atoms with Gasteiger partial charge in [-0.1, -0.05) is 285 Å². The summed E-state index contributed by atoms with van der Waals surface area (Å²) in [6, 6.07) is 0. The Hall–Kier alpha value is -1.59. The summed E-state index contributed by atoms with van der Waals surface area (Å²) in [4.78, 5) is 38.1. The van der Waals surface area contributed by atoms with E-state index in [1.54, 1.807) is 0 Å². The number of esters is 3. The summed E-state index contributed by atoms with van der Waals surface area (Å²) in [6.07, 6.45) is 55.1. The molecule has 0 aliphatic rings. The highest BCUT2D eigenvalue weighted by atomic mass is 16.6. The Morgan fingerprint density at radius 2 is 0.524 bits per heavy atom. The SMILES string of the molecule is CCCCCCCCCCCCCCCCCC(=O)OC[C@@H](COC(=O)CCCCCCCCCCCCCCC(C)C)OC(=O)CCCCCCCCCCCCCCCCC. The first-order chi connectivity index (χ1) is 30.9. The molecular formula is C57H110O6. The summed E-state index contributed by atoms with van der Waals surface area (Å²) in [5.74, 6) is -0.00237. The maximum absolute atomic E-state index is 12.8. The minimum absolute atomic E-state index is 0.0619. The molecule has 0 aromatic heterocycles. The predicted molar refractivity (Wildman–Crippen MR) is 270 cm³/mol. The van der Waals surface area contributed by atoms with Crippen molar-refractivity contribution in [3.63, 3.8) is 0 Å². The van der Waals surface area contributed by atoms with E-state index in [0.29, 0.717) is 19.3 Å². The summed E-state index contributed by atoms with van der Waals surface area (Å²) in [5.41, 5.74) is 0. The van der Waals surface area contributed by atoms with E-state index in [-0.39, 0.29) is 31.1 Å². The first-order valence-electron chi connectivity index (χ1n) is 28.4. The third-order valence-corrected chi connectivity index (χ3v) is 13.0. The molecule has 0 rings (SSSR count). The maximum atomic E-state index is 12.8. The van der Waals surface area contributed by atoms with Crippen LogP contribution < -0.4 is 0 Å². The van der Waals surface area contributed by atoms with E-state index < -0.39 is 6.10 Å². The molecule has 0 aliphatic carbocycles. The van der Waals surface area contributed by atoms with Crippen LogP contribution in [0.15, 0.2) is 0 Å². The fraction of sp³-hybridized carbons (Fsp3) is 0.947. The van der Waals surface area contributed by atoms with Crippen molar-refractivity contribution in [3.05, 3.63) is 0 Å². The van der Waals surface area contributed by atoms with Gasteiger partial charge in [0.25, 0.3) is 0 Å². The van der Waals surface area contributed by atoms with Crippen molar-refractivity contribution < 1.29 is 28.6 Å². The van der Waals surface area contributed by atoms with Crippen LogP contribution in [0.5, 0.6) is 0 Å². The summed E-state index contributed by atoms with van der Waals surface area (Å²) in [7, 11) is 0. The number of rotatable bonds is 52. The van der Waals surface area contributed by atoms with Crippen LogP contribution in [0.4, 0.5) is 0 Å². The molecule has 0 aromatic carbocycles. The molecule has 0 spiro atoms. The van der Waals surface area contributed by atoms with E-state index in [1.807, 2.05) is 0 Å². The smallest absolute Gasteiger partial charge is 0.306 e. The minimum Gasteiger partial charge on any atom is -0.462 e. The monoisotopic (exact) mass is 891 g/mol. The molecule has 0 radical (unpaired) electrons. The van der Waals surface area contributed by atoms with Crippen LogP contribution in [0.1, 0.15) is 323 Å². The molecule has 6 nitrogen and oxygen atoms in total. The first-order valence-corrected chi connectivity index (χ1v) is 28.4. The van der Waals surface area contributed by atoms with Crippen molar-refractivity contribution in [2.24, 2.45) is 5.92 Å². The molecule has 0 amide bonds. The maximum Gasteiger partial charge on any atom is 0.306 e. The number of hydrogen-bond donors (Lipinski definition) is 0. The molecule has 0 heterocycles. The number of carbonyl (C=O) groups excluding carboxylic acids is 3. The molecule has 0 fully saturated rings. The Morgan fingerprint density at radius 1 is 0.302 bits per heavy atom. The summed E-state index contributed by atoms with van der Waals surface area (Å²) < 4.78 is 16.9. The van der Waals surface area contributed by atoms with Gasteiger partial charge in [0.2, 0.25) is 0 Å². The van der Waals surface area contributed by atoms with Crippen molar-refractivity contribution in [1.82, 2.24) is 0 Å². The van der Waals surface area contributed by atoms with E-state index in [1.165, 1.54) is 218 Å². The Balaban J connectivity index is 4.30. The fourth-order valence-corrected chi connectivity index (χ4v) is 8.75. The van der Waals surface area contributed by atoms with Gasteiger partial charge < -0.3 is 14.2 Å². The summed E-state index contributed by atoms with van der Waals surface area (Å²) >= 11 is 0. The topological polar surface area (TPSA) is 78.9 Å². The quantitative estimate of drug-likeness (QED) is 0.0344. The molecule has 0 unspecified atom stereocenters. The van der Waals surface area contributed by atoms with Crippen LogP contribution >= 0.6 is 0 Å². The van der Waals surface area contributed by atoms with Crippen molar-refractivity contribution in [3.8, 4) is 0 Å². The van der Waals surface area contributed by atoms with Gasteiger partial charge in [0.05, 0.1) is 0 Å². The molecule has 0 aromatic rings. The Labute approximate surface area is 393 Å². The standard InChI is InChI=1S/C57H110O6/c1-5-7-9-11-13-15-17-19-21-23-28-32-36-40-44-48-55(58)61-51-54(63-57(60)50-46-42-38-34-30-24-22-20-18-16-14-12-10-8-6-2)52-62-56(59)49-45-41-37-33-29-26-25-27-31-35-39-43-47-53(3)4/h53-54H,5-52H2,1-4H3/t54-/m0/s1. The van der Waals surface area contributed by atoms with Crippen LogP contribution in [0.3, 0.4) is 0 Å². The zero-order chi connectivity index (χ0) is 45.9. The van der Waals surface area contributed by atoms with E-state index in [9.17, 15) is 14.4 Å². The third-order valence-electron chi connectivity index (χ3n) is 13.0. The largest absolute Gasteiger partial charge is 0.462 e. The molecule has 63 heavy (non-hydrogen) atoms. The summed E-state index contributed by atoms with van der Waals surface area (Å²) in [5, 5.41) is 0. The van der Waals surface area contributed by atoms with Crippen LogP contribution in [0.25, 0.3) is 0 Å². The number of ether oxygens (including phenoxy) is 3. The highest BCUT2D eigenvalue weighted by molar-refractivity contribution is 5.71. The van der Waals surface area contributed by atoms with Crippen molar-refractivity contribution in [1.29, 1.82) is 0 Å². The lowest BCUT2D eigenvalue weighted by Gasteiger charge is -2.18. The van der Waals surface area contributed by atoms with Crippen LogP contribution in [0.2, 0.25) is 0 Å². The van der Waals surface area contributed by atoms with E-state index >= 15 is 0 Å². The second-order valence-electron chi connectivity index (χ2n) is 20.1. The lowest BCUT2D eigenvalue weighted by atomic mass is 10.0. The molecule has 0 N–H and O–H groups in total. The Kier molecular flexibility index (Phi) is 50.1. The van der Waals surface area contributed by atoms with Gasteiger partial charge in [-0.05, 0) is 25.2 Å². The molecule has 6 heteroatoms. The van der Waals surface area contributed by atoms with Crippen LogP contribution in [0, 0.1) is 5.92 Å². The molecular weight excluding hydrogens is 781 g/mol. The van der Waals surface area contributed by atoms with Crippen molar-refractivity contribution >= 4 is 17.9 Å². The van der Waals surface area contributed by atoms with Gasteiger partial charge in [-0.2, -0.15) is 0 Å². The first kappa shape index (κ1) is 61.4. The third kappa shape index (κ3) is 51.3. The number of unbranched alkanes of at least 4 members (excludes halogenated alkanes) is 39. The van der Waals surface area contributed by atoms with Gasteiger partial charge in [0.1, 0.15) is 13.2 Å². The van der Waals surface area contributed by atoms with Crippen molar-refractivity contribution in [2.75, 3.05) is 13.2 Å². The minimum atomic E-state index is -0.761. The van der Waals surface area contributed by atoms with Gasteiger partial charge in [0.15, 0.2) is 6.10 Å². The second kappa shape index (κ2) is 51.4. The molecule has 0 aliphatic heterocycles. The molecule has 0 bridgehead atoms. The Bertz CT molecular complexity index is 949. The lowest BCUT2D eigenvalue weighted by Crippen LogP contribution is -2.30. The highest BCUT2D eigenvalue weighted by Crippen LogP contribution is 2.18. The molecule has 1 atom stereocenters. The van der Waals surface area contributed by atoms with E-state index in [0.717, 1.165) is 63.7 Å². The number of hydrogen-bond acceptors (Lipinski definition) is 6. The highest BCUT2D eigenvalue weighted by Gasteiger charge is 2.19. The zero-order valence-electron chi connectivity index (χ0n) is 43.0.